The van der Waals surface area contributed by atoms with Crippen LogP contribution in [-0.4, -0.2) is 52.2 Å². The Hall–Kier alpha value is -2.06. The summed E-state index contributed by atoms with van der Waals surface area (Å²) in [4.78, 5) is 13.5. The molecule has 0 bridgehead atoms. The molecule has 1 aliphatic heterocycles. The Morgan fingerprint density at radius 2 is 1.96 bits per heavy atom. The number of hydrogen-bond acceptors (Lipinski definition) is 6. The molecule has 1 aliphatic rings. The van der Waals surface area contributed by atoms with Crippen molar-refractivity contribution in [3.63, 3.8) is 0 Å². The van der Waals surface area contributed by atoms with Gasteiger partial charge < -0.3 is 15.4 Å². The summed E-state index contributed by atoms with van der Waals surface area (Å²) in [5.41, 5.74) is 6.33. The van der Waals surface area contributed by atoms with Crippen LogP contribution in [0.4, 0.5) is 5.95 Å². The highest BCUT2D eigenvalue weighted by Crippen LogP contribution is 2.29. The quantitative estimate of drug-likeness (QED) is 0.824. The van der Waals surface area contributed by atoms with Crippen LogP contribution in [-0.2, 0) is 9.53 Å². The molecule has 1 fully saturated rings. The van der Waals surface area contributed by atoms with E-state index in [1.165, 1.54) is 11.8 Å². The zero-order valence-electron chi connectivity index (χ0n) is 12.9. The van der Waals surface area contributed by atoms with Gasteiger partial charge in [0, 0.05) is 13.1 Å². The van der Waals surface area contributed by atoms with Crippen molar-refractivity contribution in [3.8, 4) is 5.69 Å². The van der Waals surface area contributed by atoms with E-state index in [0.717, 1.165) is 24.7 Å². The third-order valence-corrected chi connectivity index (χ3v) is 4.67. The number of rotatable bonds is 5. The van der Waals surface area contributed by atoms with Gasteiger partial charge in [0.2, 0.25) is 11.9 Å². The van der Waals surface area contributed by atoms with E-state index in [-0.39, 0.29) is 11.2 Å². The van der Waals surface area contributed by atoms with Crippen molar-refractivity contribution < 1.29 is 9.53 Å². The summed E-state index contributed by atoms with van der Waals surface area (Å²) in [6.45, 7) is 4.64. The van der Waals surface area contributed by atoms with Crippen LogP contribution in [0.25, 0.3) is 5.69 Å². The molecule has 0 radical (unpaired) electrons. The number of anilines is 1. The van der Waals surface area contributed by atoms with E-state index in [1.807, 2.05) is 34.9 Å². The minimum absolute atomic E-state index is 0.370. The summed E-state index contributed by atoms with van der Waals surface area (Å²) in [5, 5.41) is 8.90. The lowest BCUT2D eigenvalue weighted by Crippen LogP contribution is -2.37. The van der Waals surface area contributed by atoms with Crippen LogP contribution in [0.1, 0.15) is 6.92 Å². The molecule has 7 nitrogen and oxygen atoms in total. The van der Waals surface area contributed by atoms with Crippen molar-refractivity contribution in [2.24, 2.45) is 5.73 Å². The highest BCUT2D eigenvalue weighted by atomic mass is 32.2. The molecular weight excluding hydrogens is 314 g/mol. The molecule has 1 saturated heterocycles. The number of aromatic nitrogens is 3. The van der Waals surface area contributed by atoms with Crippen molar-refractivity contribution in [1.82, 2.24) is 14.8 Å². The van der Waals surface area contributed by atoms with Crippen LogP contribution in [0.3, 0.4) is 0 Å². The van der Waals surface area contributed by atoms with E-state index in [4.69, 9.17) is 10.5 Å². The lowest BCUT2D eigenvalue weighted by Gasteiger charge is -2.28. The second-order valence-electron chi connectivity index (χ2n) is 5.22. The Balaban J connectivity index is 1.99. The second-order valence-corrected chi connectivity index (χ2v) is 6.52. The van der Waals surface area contributed by atoms with E-state index >= 15 is 0 Å². The van der Waals surface area contributed by atoms with Gasteiger partial charge in [-0.1, -0.05) is 30.0 Å². The fraction of sp³-hybridized carbons (Fsp3) is 0.400. The number of benzene rings is 1. The monoisotopic (exact) mass is 333 g/mol. The molecule has 122 valence electrons. The molecule has 23 heavy (non-hydrogen) atoms. The van der Waals surface area contributed by atoms with Crippen LogP contribution in [0.2, 0.25) is 0 Å². The lowest BCUT2D eigenvalue weighted by molar-refractivity contribution is -0.117. The van der Waals surface area contributed by atoms with Gasteiger partial charge in [0.15, 0.2) is 5.16 Å². The molecule has 1 atom stereocenters. The van der Waals surface area contributed by atoms with Crippen LogP contribution < -0.4 is 10.6 Å². The van der Waals surface area contributed by atoms with Crippen molar-refractivity contribution in [1.29, 1.82) is 0 Å². The van der Waals surface area contributed by atoms with E-state index in [1.54, 1.807) is 6.92 Å². The van der Waals surface area contributed by atoms with Crippen LogP contribution >= 0.6 is 11.8 Å². The average Bonchev–Trinajstić information content (AvgIpc) is 3.00. The van der Waals surface area contributed by atoms with Gasteiger partial charge >= 0.3 is 0 Å². The predicted molar refractivity (Wildman–Crippen MR) is 88.9 cm³/mol. The topological polar surface area (TPSA) is 86.3 Å². The highest BCUT2D eigenvalue weighted by Gasteiger charge is 2.23. The average molecular weight is 333 g/mol. The van der Waals surface area contributed by atoms with Crippen LogP contribution in [0.5, 0.6) is 0 Å². The number of carbonyl (C=O) groups is 1. The fourth-order valence-electron chi connectivity index (χ4n) is 2.33. The molecule has 0 unspecified atom stereocenters. The predicted octanol–water partition coefficient (Wildman–Crippen LogP) is 1.07. The molecule has 2 heterocycles. The van der Waals surface area contributed by atoms with Crippen LogP contribution in [0.15, 0.2) is 35.5 Å². The number of ether oxygens (including phenoxy) is 1. The first kappa shape index (κ1) is 15.8. The maximum atomic E-state index is 11.4. The van der Waals surface area contributed by atoms with Crippen molar-refractivity contribution in [2.75, 3.05) is 31.2 Å². The standard InChI is InChI=1S/C15H19N5O2S/c1-11(13(16)21)23-15-18-17-14(19-7-9-22-10-8-19)20(15)12-5-3-2-4-6-12/h2-6,11H,7-10H2,1H3,(H2,16,21)/t11-/m1/s1. The molecule has 8 heteroatoms. The molecule has 0 saturated carbocycles. The summed E-state index contributed by atoms with van der Waals surface area (Å²) in [6.07, 6.45) is 0. The molecule has 1 amide bonds. The number of primary amides is 1. The zero-order chi connectivity index (χ0) is 16.2. The first-order valence-electron chi connectivity index (χ1n) is 7.46. The SMILES string of the molecule is C[C@@H](Sc1nnc(N2CCOCC2)n1-c1ccccc1)C(N)=O. The van der Waals surface area contributed by atoms with Crippen LogP contribution in [0, 0.1) is 0 Å². The Morgan fingerprint density at radius 3 is 2.61 bits per heavy atom. The zero-order valence-corrected chi connectivity index (χ0v) is 13.7. The third kappa shape index (κ3) is 3.48. The number of amides is 1. The fourth-order valence-corrected chi connectivity index (χ4v) is 3.14. The smallest absolute Gasteiger partial charge is 0.232 e. The molecule has 0 aliphatic carbocycles. The van der Waals surface area contributed by atoms with E-state index < -0.39 is 0 Å². The number of nitrogens with two attached hydrogens (primary N) is 1. The van der Waals surface area contributed by atoms with Gasteiger partial charge in [-0.05, 0) is 19.1 Å². The molecule has 2 N–H and O–H groups in total. The van der Waals surface area contributed by atoms with Gasteiger partial charge in [-0.15, -0.1) is 10.2 Å². The van der Waals surface area contributed by atoms with Gasteiger partial charge in [0.1, 0.15) is 0 Å². The van der Waals surface area contributed by atoms with Gasteiger partial charge in [0.25, 0.3) is 0 Å². The molecule has 2 aromatic rings. The van der Waals surface area contributed by atoms with Gasteiger partial charge in [-0.3, -0.25) is 9.36 Å². The minimum Gasteiger partial charge on any atom is -0.378 e. The van der Waals surface area contributed by atoms with Crippen molar-refractivity contribution in [2.45, 2.75) is 17.3 Å². The van der Waals surface area contributed by atoms with E-state index in [9.17, 15) is 4.79 Å². The molecule has 0 spiro atoms. The summed E-state index contributed by atoms with van der Waals surface area (Å²) in [5.74, 6) is 0.393. The van der Waals surface area contributed by atoms with E-state index in [0.29, 0.717) is 18.4 Å². The molecule has 1 aromatic heterocycles. The number of thioether (sulfide) groups is 1. The first-order chi connectivity index (χ1) is 11.2. The van der Waals surface area contributed by atoms with Gasteiger partial charge in [0.05, 0.1) is 24.2 Å². The Morgan fingerprint density at radius 1 is 1.26 bits per heavy atom. The minimum atomic E-state index is -0.376. The largest absolute Gasteiger partial charge is 0.378 e. The second kappa shape index (κ2) is 7.01. The highest BCUT2D eigenvalue weighted by molar-refractivity contribution is 8.00. The van der Waals surface area contributed by atoms with Crippen molar-refractivity contribution >= 4 is 23.6 Å². The maximum Gasteiger partial charge on any atom is 0.232 e. The first-order valence-corrected chi connectivity index (χ1v) is 8.34. The lowest BCUT2D eigenvalue weighted by atomic mass is 10.3. The summed E-state index contributed by atoms with van der Waals surface area (Å²) >= 11 is 1.31. The number of para-hydroxylation sites is 1. The normalized spacial score (nSPS) is 16.3. The summed E-state index contributed by atoms with van der Waals surface area (Å²) in [6, 6.07) is 9.87. The Bertz CT molecular complexity index is 670. The Kier molecular flexibility index (Phi) is 4.82. The maximum absolute atomic E-state index is 11.4. The van der Waals surface area contributed by atoms with Gasteiger partial charge in [-0.2, -0.15) is 0 Å². The third-order valence-electron chi connectivity index (χ3n) is 3.61. The molecule has 1 aromatic carbocycles. The number of carbonyl (C=O) groups excluding carboxylic acids is 1. The Labute approximate surface area is 138 Å². The number of nitrogens with zero attached hydrogens (tertiary/aromatic N) is 4. The van der Waals surface area contributed by atoms with E-state index in [2.05, 4.69) is 15.1 Å². The molecule has 3 rings (SSSR count). The number of morpholine rings is 1. The van der Waals surface area contributed by atoms with Crippen molar-refractivity contribution in [3.05, 3.63) is 30.3 Å². The summed E-state index contributed by atoms with van der Waals surface area (Å²) < 4.78 is 7.37. The van der Waals surface area contributed by atoms with Gasteiger partial charge in [-0.25, -0.2) is 0 Å². The molecular formula is C15H19N5O2S. The summed E-state index contributed by atoms with van der Waals surface area (Å²) in [7, 11) is 0. The number of hydrogen-bond donors (Lipinski definition) is 1.